The number of aryl methyl sites for hydroxylation is 1. The van der Waals surface area contributed by atoms with Crippen molar-refractivity contribution in [2.24, 2.45) is 23.7 Å². The topological polar surface area (TPSA) is 96.2 Å². The zero-order valence-electron chi connectivity index (χ0n) is 19.0. The van der Waals surface area contributed by atoms with Crippen LogP contribution in [0.4, 0.5) is 18.9 Å². The summed E-state index contributed by atoms with van der Waals surface area (Å²) in [4.78, 5) is 4.27. The third-order valence-electron chi connectivity index (χ3n) is 5.39. The molecule has 3 rings (SSSR count). The molecule has 0 aliphatic heterocycles. The average Bonchev–Trinajstić information content (AvgIpc) is 3.06. The maximum Gasteiger partial charge on any atom is 0.416 e. The Morgan fingerprint density at radius 3 is 2.47 bits per heavy atom. The molecule has 0 aliphatic rings. The quantitative estimate of drug-likeness (QED) is 0.298. The molecule has 0 fully saturated rings. The van der Waals surface area contributed by atoms with E-state index in [1.165, 1.54) is 12.1 Å². The molecule has 0 spiro atoms. The molecule has 0 saturated heterocycles. The number of alkyl halides is 3. The van der Waals surface area contributed by atoms with Gasteiger partial charge in [0.05, 0.1) is 29.9 Å². The fourth-order valence-corrected chi connectivity index (χ4v) is 3.63. The second kappa shape index (κ2) is 10.3. The summed E-state index contributed by atoms with van der Waals surface area (Å²) in [5.41, 5.74) is 8.56. The monoisotopic (exact) mass is 476 g/mol. The minimum absolute atomic E-state index is 0.0310. The van der Waals surface area contributed by atoms with Gasteiger partial charge in [-0.1, -0.05) is 12.2 Å². The lowest BCUT2D eigenvalue weighted by Gasteiger charge is -2.16. The number of rotatable bonds is 8. The number of aliphatic imine (C=N–C) groups is 1. The Labute approximate surface area is 195 Å². The van der Waals surface area contributed by atoms with Gasteiger partial charge in [0.15, 0.2) is 0 Å². The molecule has 1 heterocycles. The summed E-state index contributed by atoms with van der Waals surface area (Å²) >= 11 is 0. The van der Waals surface area contributed by atoms with E-state index in [4.69, 9.17) is 20.9 Å². The zero-order chi connectivity index (χ0) is 25.0. The van der Waals surface area contributed by atoms with Crippen LogP contribution in [0.5, 0.6) is 5.75 Å². The third-order valence-corrected chi connectivity index (χ3v) is 5.39. The van der Waals surface area contributed by atoms with Crippen molar-refractivity contribution in [2.45, 2.75) is 26.6 Å². The Morgan fingerprint density at radius 1 is 1.21 bits per heavy atom. The van der Waals surface area contributed by atoms with Crippen LogP contribution in [0.25, 0.3) is 10.9 Å². The molecule has 0 amide bonds. The van der Waals surface area contributed by atoms with Gasteiger partial charge in [0.2, 0.25) is 0 Å². The lowest BCUT2D eigenvalue weighted by molar-refractivity contribution is -0.314. The number of aromatic nitrogens is 1. The summed E-state index contributed by atoms with van der Waals surface area (Å²) in [6, 6.07) is 10.1. The van der Waals surface area contributed by atoms with Crippen LogP contribution in [0.1, 0.15) is 25.0 Å². The van der Waals surface area contributed by atoms with Gasteiger partial charge in [0, 0.05) is 42.5 Å². The van der Waals surface area contributed by atoms with Gasteiger partial charge in [-0.2, -0.15) is 13.2 Å². The minimum atomic E-state index is -4.39. The van der Waals surface area contributed by atoms with Crippen LogP contribution >= 0.6 is 0 Å². The minimum Gasteiger partial charge on any atom is -0.493 e. The molecule has 1 aromatic heterocycles. The molecular weight excluding hydrogens is 449 g/mol. The smallest absolute Gasteiger partial charge is 0.416 e. The standard InChI is InChI=1S/C24H27F3N4O3/c1-15(22(16(2)28)11-29-19-6-4-18(5-7-19)24(25,26)27)14-34-20-8-9-21-17(13-31(32)33)12-30(3)23(21)10-20/h4-12,15,32-33H,13-14,28H2,1-3H3/t15-/m1/s1. The van der Waals surface area contributed by atoms with Gasteiger partial charge in [-0.15, -0.1) is 0 Å². The summed E-state index contributed by atoms with van der Waals surface area (Å²) in [5.74, 6) is 0.492. The first kappa shape index (κ1) is 25.3. The van der Waals surface area contributed by atoms with Crippen molar-refractivity contribution in [2.75, 3.05) is 6.61 Å². The molecule has 0 radical (unpaired) electrons. The van der Waals surface area contributed by atoms with Crippen molar-refractivity contribution in [3.05, 3.63) is 71.1 Å². The molecule has 10 heteroatoms. The van der Waals surface area contributed by atoms with E-state index in [1.54, 1.807) is 19.2 Å². The van der Waals surface area contributed by atoms with Gasteiger partial charge in [-0.25, -0.2) is 0 Å². The first-order valence-corrected chi connectivity index (χ1v) is 10.5. The number of benzene rings is 2. The number of ether oxygens (including phenoxy) is 1. The van der Waals surface area contributed by atoms with Gasteiger partial charge in [0.1, 0.15) is 5.75 Å². The van der Waals surface area contributed by atoms with E-state index in [2.05, 4.69) is 4.99 Å². The lowest BCUT2D eigenvalue weighted by Crippen LogP contribution is -2.16. The third kappa shape index (κ3) is 6.16. The summed E-state index contributed by atoms with van der Waals surface area (Å²) in [6.07, 6.45) is -1.03. The van der Waals surface area contributed by atoms with Crippen LogP contribution in [-0.4, -0.2) is 33.0 Å². The highest BCUT2D eigenvalue weighted by atomic mass is 19.4. The molecule has 0 saturated carbocycles. The van der Waals surface area contributed by atoms with Crippen molar-refractivity contribution in [3.63, 3.8) is 0 Å². The summed E-state index contributed by atoms with van der Waals surface area (Å²) in [5, 5.41) is 19.2. The highest BCUT2D eigenvalue weighted by Crippen LogP contribution is 2.30. The van der Waals surface area contributed by atoms with Gasteiger partial charge in [-0.3, -0.25) is 15.4 Å². The molecule has 34 heavy (non-hydrogen) atoms. The van der Waals surface area contributed by atoms with Gasteiger partial charge in [0.25, 0.3) is 0 Å². The molecule has 1 atom stereocenters. The highest BCUT2D eigenvalue weighted by molar-refractivity contribution is 5.85. The lowest BCUT2D eigenvalue weighted by atomic mass is 10.0. The van der Waals surface area contributed by atoms with Crippen LogP contribution in [0.2, 0.25) is 0 Å². The van der Waals surface area contributed by atoms with Crippen LogP contribution in [0, 0.1) is 5.92 Å². The summed E-state index contributed by atoms with van der Waals surface area (Å²) < 4.78 is 46.0. The van der Waals surface area contributed by atoms with E-state index < -0.39 is 11.7 Å². The predicted octanol–water partition coefficient (Wildman–Crippen LogP) is 5.43. The van der Waals surface area contributed by atoms with E-state index in [1.807, 2.05) is 36.9 Å². The number of hydroxylamine groups is 2. The Kier molecular flexibility index (Phi) is 7.65. The second-order valence-corrected chi connectivity index (χ2v) is 8.13. The van der Waals surface area contributed by atoms with Gasteiger partial charge < -0.3 is 15.0 Å². The zero-order valence-corrected chi connectivity index (χ0v) is 19.0. The van der Waals surface area contributed by atoms with Crippen LogP contribution in [0.15, 0.2) is 64.9 Å². The molecule has 4 N–H and O–H groups in total. The molecule has 0 unspecified atom stereocenters. The number of fused-ring (bicyclic) bond motifs is 1. The van der Waals surface area contributed by atoms with E-state index >= 15 is 0 Å². The van der Waals surface area contributed by atoms with Crippen molar-refractivity contribution >= 4 is 22.8 Å². The Balaban J connectivity index is 1.70. The molecule has 3 aromatic rings. The number of nitrogens with two attached hydrogens (primary N) is 1. The summed E-state index contributed by atoms with van der Waals surface area (Å²) in [7, 11) is 1.85. The molecule has 7 nitrogen and oxygen atoms in total. The maximum atomic E-state index is 12.7. The van der Waals surface area contributed by atoms with Crippen LogP contribution in [0.3, 0.4) is 0 Å². The molecule has 0 aliphatic carbocycles. The van der Waals surface area contributed by atoms with Gasteiger partial charge in [-0.05, 0) is 54.5 Å². The normalized spacial score (nSPS) is 14.1. The fraction of sp³-hybridized carbons (Fsp3) is 0.292. The van der Waals surface area contributed by atoms with Crippen molar-refractivity contribution in [1.29, 1.82) is 0 Å². The van der Waals surface area contributed by atoms with Crippen molar-refractivity contribution < 1.29 is 28.3 Å². The number of nitrogens with zero attached hydrogens (tertiary/aromatic N) is 3. The first-order chi connectivity index (χ1) is 16.0. The maximum absolute atomic E-state index is 12.7. The molecular formula is C24H27F3N4O3. The van der Waals surface area contributed by atoms with E-state index in [0.29, 0.717) is 29.3 Å². The highest BCUT2D eigenvalue weighted by Gasteiger charge is 2.29. The van der Waals surface area contributed by atoms with Crippen LogP contribution in [-0.2, 0) is 19.8 Å². The average molecular weight is 476 g/mol. The van der Waals surface area contributed by atoms with E-state index in [9.17, 15) is 13.2 Å². The second-order valence-electron chi connectivity index (χ2n) is 8.13. The Bertz CT molecular complexity index is 1190. The van der Waals surface area contributed by atoms with E-state index in [-0.39, 0.29) is 17.7 Å². The number of hydrogen-bond acceptors (Lipinski definition) is 6. The van der Waals surface area contributed by atoms with Crippen LogP contribution < -0.4 is 10.5 Å². The van der Waals surface area contributed by atoms with Gasteiger partial charge >= 0.3 is 6.18 Å². The molecule has 2 aromatic carbocycles. The van der Waals surface area contributed by atoms with Crippen molar-refractivity contribution in [1.82, 2.24) is 9.79 Å². The molecule has 182 valence electrons. The summed E-state index contributed by atoms with van der Waals surface area (Å²) in [6.45, 7) is 3.91. The Morgan fingerprint density at radius 2 is 1.88 bits per heavy atom. The first-order valence-electron chi connectivity index (χ1n) is 10.5. The largest absolute Gasteiger partial charge is 0.493 e. The number of hydrogen-bond donors (Lipinski definition) is 3. The predicted molar refractivity (Wildman–Crippen MR) is 123 cm³/mol. The fourth-order valence-electron chi connectivity index (χ4n) is 3.63. The SMILES string of the molecule is CC(N)=C(C=Nc1ccc(C(F)(F)F)cc1)[C@H](C)COc1ccc2c(CN(O)O)cn(C)c2c1. The van der Waals surface area contributed by atoms with Crippen molar-refractivity contribution in [3.8, 4) is 5.75 Å². The number of halogens is 3. The Hall–Kier alpha value is -3.34. The number of allylic oxidation sites excluding steroid dienone is 1. The van der Waals surface area contributed by atoms with E-state index in [0.717, 1.165) is 28.6 Å². The molecule has 0 bridgehead atoms.